The molecular formula is C9H16N2O2S2. The van der Waals surface area contributed by atoms with Crippen molar-refractivity contribution in [2.45, 2.75) is 13.5 Å². The van der Waals surface area contributed by atoms with Gasteiger partial charge in [-0.05, 0) is 11.4 Å². The number of nitrogen functional groups attached to an aromatic ring is 1. The van der Waals surface area contributed by atoms with Crippen LogP contribution in [0.2, 0.25) is 0 Å². The van der Waals surface area contributed by atoms with Crippen molar-refractivity contribution < 1.29 is 8.42 Å². The molecule has 0 aliphatic heterocycles. The molecule has 0 saturated carbocycles. The van der Waals surface area contributed by atoms with E-state index in [0.717, 1.165) is 10.6 Å². The maximum atomic E-state index is 11.2. The minimum absolute atomic E-state index is 0.189. The molecule has 0 spiro atoms. The predicted molar refractivity (Wildman–Crippen MR) is 64.8 cm³/mol. The molecule has 1 aromatic rings. The molecule has 6 heteroatoms. The third kappa shape index (κ3) is 4.19. The Kier molecular flexibility index (Phi) is 4.56. The van der Waals surface area contributed by atoms with Gasteiger partial charge in [0.15, 0.2) is 9.84 Å². The fourth-order valence-corrected chi connectivity index (χ4v) is 2.58. The van der Waals surface area contributed by atoms with Gasteiger partial charge in [0.05, 0.1) is 5.75 Å². The summed E-state index contributed by atoms with van der Waals surface area (Å²) in [6.45, 7) is 2.78. The summed E-state index contributed by atoms with van der Waals surface area (Å²) in [4.78, 5) is 1.06. The number of hydrogen-bond donors (Lipinski definition) is 2. The zero-order valence-electron chi connectivity index (χ0n) is 8.69. The second-order valence-electron chi connectivity index (χ2n) is 3.21. The van der Waals surface area contributed by atoms with E-state index in [4.69, 9.17) is 5.73 Å². The van der Waals surface area contributed by atoms with Gasteiger partial charge in [-0.2, -0.15) is 0 Å². The SMILES string of the molecule is CCS(=O)(=O)CCNCc1sccc1N. The van der Waals surface area contributed by atoms with Crippen LogP contribution in [0.1, 0.15) is 11.8 Å². The van der Waals surface area contributed by atoms with Gasteiger partial charge < -0.3 is 11.1 Å². The van der Waals surface area contributed by atoms with E-state index in [-0.39, 0.29) is 11.5 Å². The van der Waals surface area contributed by atoms with Crippen LogP contribution in [0, 0.1) is 0 Å². The Morgan fingerprint density at radius 2 is 2.27 bits per heavy atom. The zero-order chi connectivity index (χ0) is 11.3. The van der Waals surface area contributed by atoms with Crippen molar-refractivity contribution >= 4 is 26.9 Å². The summed E-state index contributed by atoms with van der Waals surface area (Å²) >= 11 is 1.58. The van der Waals surface area contributed by atoms with Gasteiger partial charge in [-0.3, -0.25) is 0 Å². The number of anilines is 1. The Labute approximate surface area is 94.4 Å². The van der Waals surface area contributed by atoms with Crippen LogP contribution in [0.4, 0.5) is 5.69 Å². The quantitative estimate of drug-likeness (QED) is 0.732. The number of rotatable bonds is 6. The van der Waals surface area contributed by atoms with E-state index in [1.54, 1.807) is 18.3 Å². The molecule has 0 fully saturated rings. The predicted octanol–water partition coefficient (Wildman–Crippen LogP) is 0.855. The van der Waals surface area contributed by atoms with Crippen molar-refractivity contribution in [1.29, 1.82) is 0 Å². The Hall–Kier alpha value is -0.590. The minimum Gasteiger partial charge on any atom is -0.398 e. The molecule has 1 rings (SSSR count). The van der Waals surface area contributed by atoms with Gasteiger partial charge >= 0.3 is 0 Å². The third-order valence-corrected chi connectivity index (χ3v) is 4.74. The van der Waals surface area contributed by atoms with Gasteiger partial charge in [0.25, 0.3) is 0 Å². The molecule has 0 bridgehead atoms. The molecule has 0 saturated heterocycles. The van der Waals surface area contributed by atoms with Crippen molar-refractivity contribution in [3.8, 4) is 0 Å². The van der Waals surface area contributed by atoms with E-state index in [9.17, 15) is 8.42 Å². The molecule has 0 aliphatic rings. The summed E-state index contributed by atoms with van der Waals surface area (Å²) in [5.41, 5.74) is 6.46. The average molecular weight is 248 g/mol. The largest absolute Gasteiger partial charge is 0.398 e. The van der Waals surface area contributed by atoms with E-state index in [2.05, 4.69) is 5.32 Å². The van der Waals surface area contributed by atoms with Crippen LogP contribution in [-0.4, -0.2) is 26.5 Å². The molecule has 0 amide bonds. The van der Waals surface area contributed by atoms with Gasteiger partial charge in [-0.1, -0.05) is 6.92 Å². The molecule has 15 heavy (non-hydrogen) atoms. The minimum atomic E-state index is -2.86. The maximum absolute atomic E-state index is 11.2. The van der Waals surface area contributed by atoms with Gasteiger partial charge in [0.1, 0.15) is 0 Å². The van der Waals surface area contributed by atoms with Crippen LogP contribution < -0.4 is 11.1 Å². The zero-order valence-corrected chi connectivity index (χ0v) is 10.3. The number of nitrogens with two attached hydrogens (primary N) is 1. The van der Waals surface area contributed by atoms with Crippen LogP contribution in [0.15, 0.2) is 11.4 Å². The summed E-state index contributed by atoms with van der Waals surface area (Å²) in [5, 5.41) is 5.00. The molecule has 1 aromatic heterocycles. The Bertz CT molecular complexity index is 398. The van der Waals surface area contributed by atoms with Gasteiger partial charge in [0, 0.05) is 29.4 Å². The van der Waals surface area contributed by atoms with Gasteiger partial charge in [0.2, 0.25) is 0 Å². The number of hydrogen-bond acceptors (Lipinski definition) is 5. The Morgan fingerprint density at radius 3 is 2.80 bits per heavy atom. The van der Waals surface area contributed by atoms with Crippen molar-refractivity contribution in [3.05, 3.63) is 16.3 Å². The van der Waals surface area contributed by atoms with E-state index in [1.807, 2.05) is 11.4 Å². The van der Waals surface area contributed by atoms with E-state index < -0.39 is 9.84 Å². The highest BCUT2D eigenvalue weighted by atomic mass is 32.2. The summed E-state index contributed by atoms with van der Waals surface area (Å²) in [7, 11) is -2.86. The maximum Gasteiger partial charge on any atom is 0.151 e. The lowest BCUT2D eigenvalue weighted by molar-refractivity contribution is 0.592. The van der Waals surface area contributed by atoms with Crippen LogP contribution >= 0.6 is 11.3 Å². The first kappa shape index (κ1) is 12.5. The molecule has 3 N–H and O–H groups in total. The van der Waals surface area contributed by atoms with E-state index in [1.165, 1.54) is 0 Å². The molecular weight excluding hydrogens is 232 g/mol. The Balaban J connectivity index is 2.26. The monoisotopic (exact) mass is 248 g/mol. The molecule has 0 unspecified atom stereocenters. The molecule has 0 radical (unpaired) electrons. The van der Waals surface area contributed by atoms with Gasteiger partial charge in [-0.25, -0.2) is 8.42 Å². The topological polar surface area (TPSA) is 72.2 Å². The first-order chi connectivity index (χ1) is 7.05. The number of nitrogens with one attached hydrogen (secondary N) is 1. The molecule has 86 valence electrons. The lowest BCUT2D eigenvalue weighted by atomic mass is 10.4. The molecule has 0 atom stereocenters. The molecule has 1 heterocycles. The average Bonchev–Trinajstić information content (AvgIpc) is 2.59. The smallest absolute Gasteiger partial charge is 0.151 e. The fraction of sp³-hybridized carbons (Fsp3) is 0.556. The molecule has 4 nitrogen and oxygen atoms in total. The van der Waals surface area contributed by atoms with Crippen molar-refractivity contribution in [1.82, 2.24) is 5.32 Å². The fourth-order valence-electron chi connectivity index (χ4n) is 1.07. The lowest BCUT2D eigenvalue weighted by Crippen LogP contribution is -2.23. The van der Waals surface area contributed by atoms with E-state index in [0.29, 0.717) is 13.1 Å². The van der Waals surface area contributed by atoms with Gasteiger partial charge in [-0.15, -0.1) is 11.3 Å². The van der Waals surface area contributed by atoms with Crippen molar-refractivity contribution in [2.75, 3.05) is 23.8 Å². The lowest BCUT2D eigenvalue weighted by Gasteiger charge is -2.04. The van der Waals surface area contributed by atoms with Crippen LogP contribution in [0.5, 0.6) is 0 Å². The highest BCUT2D eigenvalue weighted by molar-refractivity contribution is 7.91. The first-order valence-electron chi connectivity index (χ1n) is 4.78. The standard InChI is InChI=1S/C9H16N2O2S2/c1-2-15(12,13)6-4-11-7-9-8(10)3-5-14-9/h3,5,11H,2,4,6-7,10H2,1H3. The summed E-state index contributed by atoms with van der Waals surface area (Å²) in [6.07, 6.45) is 0. The van der Waals surface area contributed by atoms with Crippen molar-refractivity contribution in [2.24, 2.45) is 0 Å². The first-order valence-corrected chi connectivity index (χ1v) is 7.48. The highest BCUT2D eigenvalue weighted by Gasteiger charge is 2.06. The normalized spacial score (nSPS) is 11.8. The highest BCUT2D eigenvalue weighted by Crippen LogP contribution is 2.17. The number of thiophene rings is 1. The van der Waals surface area contributed by atoms with E-state index >= 15 is 0 Å². The van der Waals surface area contributed by atoms with Crippen molar-refractivity contribution in [3.63, 3.8) is 0 Å². The van der Waals surface area contributed by atoms with Crippen LogP contribution in [-0.2, 0) is 16.4 Å². The number of sulfone groups is 1. The van der Waals surface area contributed by atoms with Crippen LogP contribution in [0.25, 0.3) is 0 Å². The Morgan fingerprint density at radius 1 is 1.53 bits per heavy atom. The second kappa shape index (κ2) is 5.48. The second-order valence-corrected chi connectivity index (χ2v) is 6.69. The summed E-state index contributed by atoms with van der Waals surface area (Å²) < 4.78 is 22.3. The summed E-state index contributed by atoms with van der Waals surface area (Å²) in [6, 6.07) is 1.85. The molecule has 0 aliphatic carbocycles. The third-order valence-electron chi connectivity index (χ3n) is 2.10. The van der Waals surface area contributed by atoms with Crippen LogP contribution in [0.3, 0.4) is 0 Å². The summed E-state index contributed by atoms with van der Waals surface area (Å²) in [5.74, 6) is 0.393. The molecule has 0 aromatic carbocycles.